The Morgan fingerprint density at radius 3 is 2.74 bits per heavy atom. The van der Waals surface area contributed by atoms with E-state index in [-0.39, 0.29) is 5.91 Å². The standard InChI is InChI=1S/C15H22N2O2/c1-19-11-13-5-9-17(10-6-13)14(18)15(12-16)7-3-2-4-8-15/h5H,2-4,6-11H2,1H3. The first kappa shape index (κ1) is 14.1. The Hall–Kier alpha value is -1.34. The maximum absolute atomic E-state index is 12.6. The van der Waals surface area contributed by atoms with Gasteiger partial charge in [0.25, 0.3) is 0 Å². The molecule has 0 radical (unpaired) electrons. The van der Waals surface area contributed by atoms with Crippen molar-refractivity contribution in [2.75, 3.05) is 26.8 Å². The van der Waals surface area contributed by atoms with E-state index >= 15 is 0 Å². The zero-order valence-electron chi connectivity index (χ0n) is 11.7. The van der Waals surface area contributed by atoms with Crippen molar-refractivity contribution in [2.45, 2.75) is 38.5 Å². The van der Waals surface area contributed by atoms with E-state index in [0.29, 0.717) is 13.2 Å². The zero-order valence-corrected chi connectivity index (χ0v) is 11.7. The number of ether oxygens (including phenoxy) is 1. The molecular weight excluding hydrogens is 240 g/mol. The lowest BCUT2D eigenvalue weighted by atomic mass is 9.74. The molecule has 4 nitrogen and oxygen atoms in total. The van der Waals surface area contributed by atoms with Gasteiger partial charge in [-0.1, -0.05) is 25.3 Å². The second-order valence-corrected chi connectivity index (χ2v) is 5.55. The normalized spacial score (nSPS) is 22.5. The molecule has 0 saturated heterocycles. The van der Waals surface area contributed by atoms with E-state index in [1.165, 1.54) is 5.57 Å². The summed E-state index contributed by atoms with van der Waals surface area (Å²) < 4.78 is 5.11. The Bertz CT molecular complexity index is 403. The van der Waals surface area contributed by atoms with E-state index < -0.39 is 5.41 Å². The van der Waals surface area contributed by atoms with Crippen LogP contribution in [0.5, 0.6) is 0 Å². The van der Waals surface area contributed by atoms with Crippen molar-refractivity contribution < 1.29 is 9.53 Å². The number of carbonyl (C=O) groups excluding carboxylic acids is 1. The molecular formula is C15H22N2O2. The van der Waals surface area contributed by atoms with Gasteiger partial charge in [-0.05, 0) is 24.8 Å². The van der Waals surface area contributed by atoms with Gasteiger partial charge in [-0.2, -0.15) is 5.26 Å². The first-order chi connectivity index (χ1) is 9.22. The minimum Gasteiger partial charge on any atom is -0.380 e. The first-order valence-electron chi connectivity index (χ1n) is 7.09. The number of rotatable bonds is 3. The summed E-state index contributed by atoms with van der Waals surface area (Å²) in [6, 6.07) is 2.31. The van der Waals surface area contributed by atoms with Crippen LogP contribution in [0.15, 0.2) is 11.6 Å². The molecule has 0 unspecified atom stereocenters. The number of carbonyl (C=O) groups is 1. The van der Waals surface area contributed by atoms with E-state index in [9.17, 15) is 10.1 Å². The second-order valence-electron chi connectivity index (χ2n) is 5.55. The molecule has 0 spiro atoms. The summed E-state index contributed by atoms with van der Waals surface area (Å²) >= 11 is 0. The largest absolute Gasteiger partial charge is 0.380 e. The summed E-state index contributed by atoms with van der Waals surface area (Å²) in [7, 11) is 1.69. The predicted octanol–water partition coefficient (Wildman–Crippen LogP) is 2.27. The molecule has 1 amide bonds. The summed E-state index contributed by atoms with van der Waals surface area (Å²) in [4.78, 5) is 14.5. The first-order valence-corrected chi connectivity index (χ1v) is 7.09. The molecule has 2 aliphatic rings. The quantitative estimate of drug-likeness (QED) is 0.733. The van der Waals surface area contributed by atoms with E-state index in [1.54, 1.807) is 7.11 Å². The van der Waals surface area contributed by atoms with Crippen LogP contribution in [-0.2, 0) is 9.53 Å². The molecule has 0 aromatic carbocycles. The molecule has 0 aromatic rings. The number of hydrogen-bond donors (Lipinski definition) is 0. The van der Waals surface area contributed by atoms with E-state index in [2.05, 4.69) is 12.1 Å². The highest BCUT2D eigenvalue weighted by molar-refractivity contribution is 5.86. The molecule has 19 heavy (non-hydrogen) atoms. The average Bonchev–Trinajstić information content (AvgIpc) is 2.48. The van der Waals surface area contributed by atoms with Crippen molar-refractivity contribution in [2.24, 2.45) is 5.41 Å². The fourth-order valence-corrected chi connectivity index (χ4v) is 3.04. The number of amides is 1. The minimum absolute atomic E-state index is 0.0439. The molecule has 1 heterocycles. The third kappa shape index (κ3) is 2.98. The predicted molar refractivity (Wildman–Crippen MR) is 72.3 cm³/mol. The van der Waals surface area contributed by atoms with Crippen LogP contribution in [0, 0.1) is 16.7 Å². The van der Waals surface area contributed by atoms with Crippen LogP contribution in [0.4, 0.5) is 0 Å². The van der Waals surface area contributed by atoms with Crippen LogP contribution in [0.25, 0.3) is 0 Å². The molecule has 104 valence electrons. The van der Waals surface area contributed by atoms with Gasteiger partial charge in [0.15, 0.2) is 0 Å². The van der Waals surface area contributed by atoms with Crippen molar-refractivity contribution in [3.63, 3.8) is 0 Å². The molecule has 1 saturated carbocycles. The second kappa shape index (κ2) is 6.21. The lowest BCUT2D eigenvalue weighted by Crippen LogP contribution is -2.46. The van der Waals surface area contributed by atoms with Crippen molar-refractivity contribution in [3.8, 4) is 6.07 Å². The third-order valence-electron chi connectivity index (χ3n) is 4.25. The van der Waals surface area contributed by atoms with Crippen LogP contribution in [-0.4, -0.2) is 37.6 Å². The molecule has 1 aliphatic heterocycles. The summed E-state index contributed by atoms with van der Waals surface area (Å²) in [6.45, 7) is 1.99. The molecule has 1 aliphatic carbocycles. The van der Waals surface area contributed by atoms with Crippen molar-refractivity contribution in [1.29, 1.82) is 5.26 Å². The van der Waals surface area contributed by atoms with Gasteiger partial charge >= 0.3 is 0 Å². The molecule has 0 N–H and O–H groups in total. The average molecular weight is 262 g/mol. The van der Waals surface area contributed by atoms with Crippen LogP contribution in [0.1, 0.15) is 38.5 Å². The van der Waals surface area contributed by atoms with Crippen LogP contribution in [0.3, 0.4) is 0 Å². The lowest BCUT2D eigenvalue weighted by Gasteiger charge is -2.36. The van der Waals surface area contributed by atoms with Gasteiger partial charge in [0.05, 0.1) is 12.7 Å². The highest BCUT2D eigenvalue weighted by Gasteiger charge is 2.42. The number of hydrogen-bond acceptors (Lipinski definition) is 3. The van der Waals surface area contributed by atoms with Crippen LogP contribution in [0.2, 0.25) is 0 Å². The van der Waals surface area contributed by atoms with E-state index in [0.717, 1.165) is 45.1 Å². The molecule has 2 rings (SSSR count). The fourth-order valence-electron chi connectivity index (χ4n) is 3.04. The minimum atomic E-state index is -0.745. The maximum Gasteiger partial charge on any atom is 0.243 e. The lowest BCUT2D eigenvalue weighted by molar-refractivity contribution is -0.140. The monoisotopic (exact) mass is 262 g/mol. The summed E-state index contributed by atoms with van der Waals surface area (Å²) in [5.41, 5.74) is 0.506. The van der Waals surface area contributed by atoms with E-state index in [1.807, 2.05) is 4.90 Å². The molecule has 0 bridgehead atoms. The molecule has 4 heteroatoms. The highest BCUT2D eigenvalue weighted by Crippen LogP contribution is 2.37. The summed E-state index contributed by atoms with van der Waals surface area (Å²) in [5.74, 6) is 0.0439. The highest BCUT2D eigenvalue weighted by atomic mass is 16.5. The molecule has 0 aromatic heterocycles. The van der Waals surface area contributed by atoms with Gasteiger partial charge in [-0.25, -0.2) is 0 Å². The Morgan fingerprint density at radius 2 is 2.21 bits per heavy atom. The smallest absolute Gasteiger partial charge is 0.243 e. The van der Waals surface area contributed by atoms with Crippen molar-refractivity contribution >= 4 is 5.91 Å². The van der Waals surface area contributed by atoms with Gasteiger partial charge in [-0.15, -0.1) is 0 Å². The van der Waals surface area contributed by atoms with Gasteiger partial charge in [0, 0.05) is 20.2 Å². The number of nitriles is 1. The Balaban J connectivity index is 2.02. The number of methoxy groups -OCH3 is 1. The zero-order chi connectivity index (χ0) is 13.7. The van der Waals surface area contributed by atoms with Crippen molar-refractivity contribution in [1.82, 2.24) is 4.90 Å². The van der Waals surface area contributed by atoms with E-state index in [4.69, 9.17) is 4.74 Å². The van der Waals surface area contributed by atoms with Crippen molar-refractivity contribution in [3.05, 3.63) is 11.6 Å². The Labute approximate surface area is 115 Å². The van der Waals surface area contributed by atoms with Gasteiger partial charge in [0.1, 0.15) is 5.41 Å². The maximum atomic E-state index is 12.6. The van der Waals surface area contributed by atoms with Crippen LogP contribution >= 0.6 is 0 Å². The van der Waals surface area contributed by atoms with Gasteiger partial charge in [0.2, 0.25) is 5.91 Å². The molecule has 0 atom stereocenters. The van der Waals surface area contributed by atoms with Crippen LogP contribution < -0.4 is 0 Å². The fraction of sp³-hybridized carbons (Fsp3) is 0.733. The summed E-state index contributed by atoms with van der Waals surface area (Å²) in [5, 5.41) is 9.45. The Morgan fingerprint density at radius 1 is 1.47 bits per heavy atom. The van der Waals surface area contributed by atoms with Gasteiger partial charge in [-0.3, -0.25) is 4.79 Å². The number of nitrogens with zero attached hydrogens (tertiary/aromatic N) is 2. The van der Waals surface area contributed by atoms with Gasteiger partial charge < -0.3 is 9.64 Å². The molecule has 1 fully saturated rings. The Kier molecular flexibility index (Phi) is 4.60. The SMILES string of the molecule is COCC1=CCN(C(=O)C2(C#N)CCCCC2)CC1. The summed E-state index contributed by atoms with van der Waals surface area (Å²) in [6.07, 6.45) is 7.53. The topological polar surface area (TPSA) is 53.3 Å². The third-order valence-corrected chi connectivity index (χ3v) is 4.25.